The number of aromatic nitrogens is 1. The van der Waals surface area contributed by atoms with Gasteiger partial charge in [-0.25, -0.2) is 0 Å². The summed E-state index contributed by atoms with van der Waals surface area (Å²) in [6.07, 6.45) is 41.8. The van der Waals surface area contributed by atoms with Gasteiger partial charge in [0.15, 0.2) is 0 Å². The maximum atomic E-state index is 4.80. The van der Waals surface area contributed by atoms with E-state index in [9.17, 15) is 0 Å². The molecule has 10 rings (SSSR count). The van der Waals surface area contributed by atoms with E-state index in [1.165, 1.54) is 96.4 Å². The van der Waals surface area contributed by atoms with Gasteiger partial charge in [-0.2, -0.15) is 0 Å². The summed E-state index contributed by atoms with van der Waals surface area (Å²) in [5.41, 5.74) is 18.0. The number of hydrogen-bond acceptors (Lipinski definition) is 6. The molecule has 6 heteroatoms. The van der Waals surface area contributed by atoms with Crippen LogP contribution in [-0.4, -0.2) is 41.8 Å². The van der Waals surface area contributed by atoms with Crippen LogP contribution in [0.4, 0.5) is 11.4 Å². The van der Waals surface area contributed by atoms with E-state index in [0.717, 1.165) is 54.9 Å². The zero-order chi connectivity index (χ0) is 49.4. The SMILES string of the molecule is C=C(/C=C\C=C/CC1=CC=C=CC=N1)c1ccc2c(c1)C13C=C(C(=C/C)/C(=C\CC)c4ccccn4)C=CC1(C3)N2c1ccc2sc3ccc(C4=CC(C)CN=C4)cc3c2c1.CCCCN=C(C)CCC. The number of rotatable bonds is 16. The third-order valence-corrected chi connectivity index (χ3v) is 15.3. The normalized spacial score (nSPS) is 21.3. The first kappa shape index (κ1) is 49.0. The van der Waals surface area contributed by atoms with Gasteiger partial charge in [-0.3, -0.25) is 20.0 Å². The Labute approximate surface area is 426 Å². The van der Waals surface area contributed by atoms with Gasteiger partial charge in [-0.05, 0) is 157 Å². The van der Waals surface area contributed by atoms with Crippen LogP contribution in [-0.2, 0) is 5.41 Å². The van der Waals surface area contributed by atoms with Gasteiger partial charge < -0.3 is 4.90 Å². The van der Waals surface area contributed by atoms with E-state index in [1.807, 2.05) is 48.0 Å². The van der Waals surface area contributed by atoms with E-state index in [1.54, 1.807) is 6.21 Å². The number of thiophene rings is 1. The molecule has 5 heterocycles. The minimum absolute atomic E-state index is 0.208. The third-order valence-electron chi connectivity index (χ3n) is 14.2. The number of fused-ring (bicyclic) bond motifs is 4. The Morgan fingerprint density at radius 3 is 2.62 bits per heavy atom. The summed E-state index contributed by atoms with van der Waals surface area (Å²) in [5.74, 6) is 0.442. The number of dihydropyridines is 1. The monoisotopic (exact) mass is 950 g/mol. The molecule has 0 amide bonds. The fraction of sp³-hybridized carbons (Fsp3) is 0.277. The van der Waals surface area contributed by atoms with Gasteiger partial charge >= 0.3 is 0 Å². The average molecular weight is 950 g/mol. The Morgan fingerprint density at radius 1 is 0.972 bits per heavy atom. The molecular weight excluding hydrogens is 883 g/mol. The highest BCUT2D eigenvalue weighted by atomic mass is 32.1. The van der Waals surface area contributed by atoms with Crippen molar-refractivity contribution >= 4 is 77.7 Å². The standard InChI is InChI=1S/C56H48N4S.C9H19N/c1-5-15-47(51-19-12-14-29-59-51)46(6-2)42-26-27-56-37-55(56,34-42)50-32-40(39(4)16-9-7-10-17-44-18-11-8-13-28-58-44)20-23-52(50)60(56)45-22-25-54-49(33-45)48-31-41(21-24-53(48)61-54)43-30-38(3)35-57-36-43;1-4-6-8-10-9(3)7-5-2/h6-7,9-16,18-34,36,38H,4-5,17,35,37H2,1-3H3;4-8H2,1-3H3/b10-7-,16-9-,46-6-,47-15+;. The topological polar surface area (TPSA) is 53.2 Å². The van der Waals surface area contributed by atoms with Gasteiger partial charge in [0.1, 0.15) is 0 Å². The summed E-state index contributed by atoms with van der Waals surface area (Å²) in [6.45, 7) is 19.5. The van der Waals surface area contributed by atoms with Crippen LogP contribution in [0.15, 0.2) is 202 Å². The largest absolute Gasteiger partial charge is 0.330 e. The second-order valence-electron chi connectivity index (χ2n) is 19.3. The molecule has 3 unspecified atom stereocenters. The number of anilines is 2. The van der Waals surface area contributed by atoms with E-state index >= 15 is 0 Å². The van der Waals surface area contributed by atoms with Gasteiger partial charge in [0.05, 0.1) is 11.2 Å². The molecule has 2 aromatic heterocycles. The Morgan fingerprint density at radius 2 is 1.83 bits per heavy atom. The molecule has 5 aromatic rings. The first-order valence-electron chi connectivity index (χ1n) is 25.7. The lowest BCUT2D eigenvalue weighted by atomic mass is 9.82. The minimum atomic E-state index is -0.222. The summed E-state index contributed by atoms with van der Waals surface area (Å²) in [4.78, 5) is 21.0. The molecule has 71 heavy (non-hydrogen) atoms. The number of hydrogen-bond donors (Lipinski definition) is 0. The first-order chi connectivity index (χ1) is 34.7. The van der Waals surface area contributed by atoms with Crippen LogP contribution in [0.1, 0.15) is 109 Å². The second kappa shape index (κ2) is 22.0. The van der Waals surface area contributed by atoms with Crippen molar-refractivity contribution in [3.8, 4) is 0 Å². The zero-order valence-corrected chi connectivity index (χ0v) is 43.3. The highest BCUT2D eigenvalue weighted by Crippen LogP contribution is 2.74. The van der Waals surface area contributed by atoms with E-state index in [0.29, 0.717) is 5.92 Å². The summed E-state index contributed by atoms with van der Waals surface area (Å²) in [5, 5.41) is 2.60. The Hall–Kier alpha value is -6.98. The number of aliphatic imine (C=N–C) groups is 3. The first-order valence-corrected chi connectivity index (χ1v) is 26.5. The summed E-state index contributed by atoms with van der Waals surface area (Å²) >= 11 is 1.87. The number of nitrogens with zero attached hydrogens (tertiary/aromatic N) is 5. The predicted molar refractivity (Wildman–Crippen MR) is 310 cm³/mol. The fourth-order valence-corrected chi connectivity index (χ4v) is 11.6. The molecule has 0 bridgehead atoms. The van der Waals surface area contributed by atoms with Gasteiger partial charge in [-0.1, -0.05) is 126 Å². The Kier molecular flexibility index (Phi) is 15.2. The maximum Gasteiger partial charge on any atom is 0.0782 e. The van der Waals surface area contributed by atoms with Crippen LogP contribution in [0.5, 0.6) is 0 Å². The van der Waals surface area contributed by atoms with Crippen LogP contribution >= 0.6 is 11.3 Å². The van der Waals surface area contributed by atoms with Gasteiger partial charge in [-0.15, -0.1) is 17.1 Å². The molecule has 0 radical (unpaired) electrons. The molecule has 5 nitrogen and oxygen atoms in total. The molecule has 1 fully saturated rings. The zero-order valence-electron chi connectivity index (χ0n) is 42.5. The minimum Gasteiger partial charge on any atom is -0.330 e. The van der Waals surface area contributed by atoms with Crippen molar-refractivity contribution in [1.29, 1.82) is 0 Å². The predicted octanol–water partition coefficient (Wildman–Crippen LogP) is 17.3. The molecule has 2 aliphatic carbocycles. The Balaban J connectivity index is 0.000000565. The van der Waals surface area contributed by atoms with Crippen molar-refractivity contribution < 1.29 is 0 Å². The molecule has 0 saturated heterocycles. The lowest BCUT2D eigenvalue weighted by Crippen LogP contribution is -2.33. The van der Waals surface area contributed by atoms with Crippen LogP contribution < -0.4 is 4.90 Å². The van der Waals surface area contributed by atoms with Gasteiger partial charge in [0, 0.05) is 92.1 Å². The van der Waals surface area contributed by atoms with E-state index in [-0.39, 0.29) is 11.0 Å². The molecule has 5 aliphatic rings. The van der Waals surface area contributed by atoms with Crippen LogP contribution in [0.25, 0.3) is 36.9 Å². The smallest absolute Gasteiger partial charge is 0.0782 e. The van der Waals surface area contributed by atoms with Crippen molar-refractivity contribution in [2.45, 2.75) is 97.4 Å². The third kappa shape index (κ3) is 10.2. The van der Waals surface area contributed by atoms with Crippen molar-refractivity contribution in [1.82, 2.24) is 4.98 Å². The molecule has 3 aromatic carbocycles. The van der Waals surface area contributed by atoms with Crippen molar-refractivity contribution in [2.75, 3.05) is 18.0 Å². The summed E-state index contributed by atoms with van der Waals surface area (Å²) in [6, 6.07) is 27.2. The van der Waals surface area contributed by atoms with Crippen LogP contribution in [0.2, 0.25) is 0 Å². The number of pyridine rings is 1. The molecule has 1 saturated carbocycles. The average Bonchev–Trinajstić information content (AvgIpc) is 3.96. The molecular formula is C65H67N5S. The van der Waals surface area contributed by atoms with Gasteiger partial charge in [0.25, 0.3) is 0 Å². The number of benzene rings is 3. The Bertz CT molecular complexity index is 3260. The van der Waals surface area contributed by atoms with E-state index in [2.05, 4.69) is 201 Å². The molecule has 0 N–H and O–H groups in total. The number of unbranched alkanes of at least 4 members (excludes halogenated alkanes) is 1. The van der Waals surface area contributed by atoms with Crippen LogP contribution in [0, 0.1) is 5.92 Å². The summed E-state index contributed by atoms with van der Waals surface area (Å²) < 4.78 is 2.61. The lowest BCUT2D eigenvalue weighted by molar-refractivity contribution is 0.736. The van der Waals surface area contributed by atoms with E-state index < -0.39 is 0 Å². The fourth-order valence-electron chi connectivity index (χ4n) is 10.6. The highest BCUT2D eigenvalue weighted by Gasteiger charge is 2.75. The highest BCUT2D eigenvalue weighted by molar-refractivity contribution is 7.25. The molecule has 0 spiro atoms. The molecule has 3 atom stereocenters. The molecule has 3 aliphatic heterocycles. The number of allylic oxidation sites excluding steroid dienone is 14. The maximum absolute atomic E-state index is 4.80. The van der Waals surface area contributed by atoms with Crippen molar-refractivity contribution in [3.05, 3.63) is 210 Å². The van der Waals surface area contributed by atoms with Crippen molar-refractivity contribution in [3.63, 3.8) is 0 Å². The summed E-state index contributed by atoms with van der Waals surface area (Å²) in [7, 11) is 0. The second-order valence-corrected chi connectivity index (χ2v) is 20.4. The quantitative estimate of drug-likeness (QED) is 0.0428. The molecule has 358 valence electrons. The van der Waals surface area contributed by atoms with Gasteiger partial charge in [0.2, 0.25) is 0 Å². The van der Waals surface area contributed by atoms with E-state index in [4.69, 9.17) is 4.98 Å². The van der Waals surface area contributed by atoms with Crippen molar-refractivity contribution in [2.24, 2.45) is 20.9 Å². The van der Waals surface area contributed by atoms with Crippen LogP contribution in [0.3, 0.4) is 0 Å². The lowest BCUT2D eigenvalue weighted by Gasteiger charge is -2.31.